The van der Waals surface area contributed by atoms with Crippen LogP contribution in [0.1, 0.15) is 16.0 Å². The van der Waals surface area contributed by atoms with E-state index in [0.717, 1.165) is 22.6 Å². The summed E-state index contributed by atoms with van der Waals surface area (Å²) in [6.45, 7) is 6.24. The van der Waals surface area contributed by atoms with Gasteiger partial charge in [0.2, 0.25) is 5.91 Å². The maximum Gasteiger partial charge on any atom is 0.236 e. The van der Waals surface area contributed by atoms with E-state index in [1.807, 2.05) is 29.1 Å². The molecule has 0 bridgehead atoms. The molecule has 3 heterocycles. The van der Waals surface area contributed by atoms with Crippen LogP contribution in [0.25, 0.3) is 22.6 Å². The van der Waals surface area contributed by atoms with Crippen LogP contribution in [0.4, 0.5) is 5.13 Å². The van der Waals surface area contributed by atoms with Crippen molar-refractivity contribution in [1.29, 1.82) is 0 Å². The van der Waals surface area contributed by atoms with Gasteiger partial charge in [-0.2, -0.15) is 0 Å². The lowest BCUT2D eigenvalue weighted by Gasteiger charge is -2.04. The minimum Gasteiger partial charge on any atom is -0.305 e. The molecule has 0 saturated heterocycles. The number of hydrogen-bond acceptors (Lipinski definition) is 7. The normalized spacial score (nSPS) is 11.1. The summed E-state index contributed by atoms with van der Waals surface area (Å²) < 4.78 is 1.94. The number of rotatable bonds is 6. The third-order valence-electron chi connectivity index (χ3n) is 4.79. The Morgan fingerprint density at radius 1 is 1.10 bits per heavy atom. The van der Waals surface area contributed by atoms with Crippen LogP contribution in [0, 0.1) is 20.8 Å². The number of aromatic nitrogens is 4. The average molecular weight is 456 g/mol. The molecule has 0 aliphatic heterocycles. The van der Waals surface area contributed by atoms with Crippen molar-refractivity contribution in [2.24, 2.45) is 7.05 Å². The molecule has 4 rings (SSSR count). The number of thiazole rings is 1. The first kappa shape index (κ1) is 20.8. The molecule has 0 radical (unpaired) electrons. The van der Waals surface area contributed by atoms with Crippen molar-refractivity contribution in [3.8, 4) is 22.6 Å². The van der Waals surface area contributed by atoms with Crippen molar-refractivity contribution in [3.05, 3.63) is 51.0 Å². The maximum atomic E-state index is 12.4. The second kappa shape index (κ2) is 8.71. The Morgan fingerprint density at radius 3 is 2.57 bits per heavy atom. The quantitative estimate of drug-likeness (QED) is 0.398. The number of carbonyl (C=O) groups is 1. The molecule has 1 aromatic carbocycles. The number of anilines is 1. The molecule has 3 aromatic heterocycles. The molecule has 30 heavy (non-hydrogen) atoms. The number of thiophene rings is 1. The number of benzene rings is 1. The molecule has 0 saturated carbocycles. The summed E-state index contributed by atoms with van der Waals surface area (Å²) in [5, 5.41) is 16.8. The zero-order valence-corrected chi connectivity index (χ0v) is 19.5. The minimum atomic E-state index is -0.114. The number of nitrogens with zero attached hydrogens (tertiary/aromatic N) is 4. The summed E-state index contributed by atoms with van der Waals surface area (Å²) in [5.41, 5.74) is 5.42. The van der Waals surface area contributed by atoms with Gasteiger partial charge in [-0.15, -0.1) is 32.9 Å². The monoisotopic (exact) mass is 455 g/mol. The molecule has 0 aliphatic carbocycles. The molecule has 0 aliphatic rings. The number of thioether (sulfide) groups is 1. The summed E-state index contributed by atoms with van der Waals surface area (Å²) in [4.78, 5) is 18.2. The zero-order valence-electron chi connectivity index (χ0n) is 17.1. The Kier molecular flexibility index (Phi) is 6.03. The maximum absolute atomic E-state index is 12.4. The Labute approximate surface area is 187 Å². The molecule has 154 valence electrons. The van der Waals surface area contributed by atoms with E-state index in [1.54, 1.807) is 11.3 Å². The minimum absolute atomic E-state index is 0.114. The van der Waals surface area contributed by atoms with E-state index in [2.05, 4.69) is 58.8 Å². The van der Waals surface area contributed by atoms with Gasteiger partial charge in [0.15, 0.2) is 16.1 Å². The Hall–Kier alpha value is -2.49. The summed E-state index contributed by atoms with van der Waals surface area (Å²) >= 11 is 4.49. The van der Waals surface area contributed by atoms with E-state index in [0.29, 0.717) is 10.3 Å². The van der Waals surface area contributed by atoms with Gasteiger partial charge in [-0.1, -0.05) is 41.6 Å². The number of nitrogens with one attached hydrogen (secondary N) is 1. The van der Waals surface area contributed by atoms with E-state index in [4.69, 9.17) is 0 Å². The van der Waals surface area contributed by atoms with Gasteiger partial charge in [0.05, 0.1) is 11.4 Å². The highest BCUT2D eigenvalue weighted by Crippen LogP contribution is 2.31. The predicted octanol–water partition coefficient (Wildman–Crippen LogP) is 5.32. The fourth-order valence-corrected chi connectivity index (χ4v) is 5.19. The van der Waals surface area contributed by atoms with Gasteiger partial charge in [-0.3, -0.25) is 4.79 Å². The Balaban J connectivity index is 1.38. The van der Waals surface area contributed by atoms with Gasteiger partial charge in [0, 0.05) is 33.8 Å². The summed E-state index contributed by atoms with van der Waals surface area (Å²) in [7, 11) is 1.93. The van der Waals surface area contributed by atoms with Crippen molar-refractivity contribution in [2.75, 3.05) is 11.1 Å². The smallest absolute Gasteiger partial charge is 0.236 e. The van der Waals surface area contributed by atoms with Crippen LogP contribution < -0.4 is 5.32 Å². The van der Waals surface area contributed by atoms with E-state index in [1.165, 1.54) is 39.1 Å². The summed E-state index contributed by atoms with van der Waals surface area (Å²) in [5.74, 6) is 0.951. The van der Waals surface area contributed by atoms with Crippen molar-refractivity contribution in [2.45, 2.75) is 25.9 Å². The first-order valence-electron chi connectivity index (χ1n) is 9.32. The fourth-order valence-electron chi connectivity index (χ4n) is 2.88. The van der Waals surface area contributed by atoms with Crippen molar-refractivity contribution in [3.63, 3.8) is 0 Å². The van der Waals surface area contributed by atoms with Crippen LogP contribution in [0.2, 0.25) is 0 Å². The molecule has 0 spiro atoms. The molecule has 0 unspecified atom stereocenters. The van der Waals surface area contributed by atoms with Crippen molar-refractivity contribution >= 4 is 45.5 Å². The SMILES string of the molecule is Cc1ccc(-c2csc(NC(=O)CSc3nnc(-c4csc(C)c4C)n3C)n2)cc1. The summed E-state index contributed by atoms with van der Waals surface area (Å²) in [6.07, 6.45) is 0. The van der Waals surface area contributed by atoms with Crippen LogP contribution in [-0.4, -0.2) is 31.4 Å². The van der Waals surface area contributed by atoms with Crippen LogP contribution >= 0.6 is 34.4 Å². The molecule has 4 aromatic rings. The second-order valence-corrected chi connectivity index (χ2v) is 9.82. The molecule has 0 fully saturated rings. The third-order valence-corrected chi connectivity index (χ3v) is 7.58. The van der Waals surface area contributed by atoms with Crippen LogP contribution in [-0.2, 0) is 11.8 Å². The molecule has 0 atom stereocenters. The Morgan fingerprint density at radius 2 is 1.87 bits per heavy atom. The van der Waals surface area contributed by atoms with E-state index >= 15 is 0 Å². The highest BCUT2D eigenvalue weighted by atomic mass is 32.2. The third kappa shape index (κ3) is 4.33. The Bertz CT molecular complexity index is 1190. The molecule has 1 N–H and O–H groups in total. The zero-order chi connectivity index (χ0) is 21.3. The highest BCUT2D eigenvalue weighted by Gasteiger charge is 2.16. The number of aryl methyl sites for hydroxylation is 2. The molecular formula is C21H21N5OS3. The predicted molar refractivity (Wildman–Crippen MR) is 125 cm³/mol. The van der Waals surface area contributed by atoms with Gasteiger partial charge >= 0.3 is 0 Å². The van der Waals surface area contributed by atoms with Crippen LogP contribution in [0.3, 0.4) is 0 Å². The lowest BCUT2D eigenvalue weighted by Crippen LogP contribution is -2.14. The molecule has 6 nitrogen and oxygen atoms in total. The summed E-state index contributed by atoms with van der Waals surface area (Å²) in [6, 6.07) is 8.18. The van der Waals surface area contributed by atoms with Crippen molar-refractivity contribution < 1.29 is 4.79 Å². The second-order valence-electron chi connectivity index (χ2n) is 6.94. The lowest BCUT2D eigenvalue weighted by atomic mass is 10.1. The average Bonchev–Trinajstić information content (AvgIpc) is 3.42. The van der Waals surface area contributed by atoms with Gasteiger partial charge in [0.25, 0.3) is 0 Å². The van der Waals surface area contributed by atoms with Crippen LogP contribution in [0.15, 0.2) is 40.2 Å². The molecular weight excluding hydrogens is 434 g/mol. The van der Waals surface area contributed by atoms with Gasteiger partial charge in [-0.25, -0.2) is 4.98 Å². The fraction of sp³-hybridized carbons (Fsp3) is 0.238. The molecule has 1 amide bonds. The van der Waals surface area contributed by atoms with Gasteiger partial charge < -0.3 is 9.88 Å². The lowest BCUT2D eigenvalue weighted by molar-refractivity contribution is -0.113. The van der Waals surface area contributed by atoms with Crippen molar-refractivity contribution in [1.82, 2.24) is 19.7 Å². The van der Waals surface area contributed by atoms with Gasteiger partial charge in [-0.05, 0) is 26.3 Å². The largest absolute Gasteiger partial charge is 0.305 e. The van der Waals surface area contributed by atoms with E-state index in [9.17, 15) is 4.79 Å². The topological polar surface area (TPSA) is 72.7 Å². The first-order chi connectivity index (χ1) is 14.4. The first-order valence-corrected chi connectivity index (χ1v) is 12.1. The van der Waals surface area contributed by atoms with Gasteiger partial charge in [0.1, 0.15) is 0 Å². The number of hydrogen-bond donors (Lipinski definition) is 1. The number of amides is 1. The molecule has 9 heteroatoms. The highest BCUT2D eigenvalue weighted by molar-refractivity contribution is 7.99. The standard InChI is InChI=1S/C21H21N5OS3/c1-12-5-7-15(8-6-12)17-10-29-20(22-17)23-18(27)11-30-21-25-24-19(26(21)4)16-9-28-14(3)13(16)2/h5-10H,11H2,1-4H3,(H,22,23,27). The van der Waals surface area contributed by atoms with E-state index < -0.39 is 0 Å². The number of carbonyl (C=O) groups excluding carboxylic acids is 1. The van der Waals surface area contributed by atoms with E-state index in [-0.39, 0.29) is 11.7 Å². The van der Waals surface area contributed by atoms with Crippen LogP contribution in [0.5, 0.6) is 0 Å².